The molecule has 0 heteroatoms. The fourth-order valence-electron chi connectivity index (χ4n) is 0.0361. The molecule has 0 aliphatic rings. The summed E-state index contributed by atoms with van der Waals surface area (Å²) < 4.78 is 6.19. The van der Waals surface area contributed by atoms with Gasteiger partial charge in [0.1, 0.15) is 1.37 Å². The van der Waals surface area contributed by atoms with Crippen molar-refractivity contribution in [2.75, 3.05) is 0 Å². The number of hydrogen-bond acceptors (Lipinski definition) is 0. The normalized spacial score (nSPS) is 5.00. The lowest BCUT2D eigenvalue weighted by Gasteiger charge is -1.38. The molecule has 0 bridgehead atoms. The first-order valence-corrected chi connectivity index (χ1v) is 1.04. The van der Waals surface area contributed by atoms with Crippen molar-refractivity contribution in [3.8, 4) is 12.3 Å². The zero-order chi connectivity index (χ0) is 4.83. The Morgan fingerprint density at radius 2 is 3.00 bits per heavy atom. The van der Waals surface area contributed by atoms with Crippen molar-refractivity contribution in [2.45, 2.75) is 0 Å². The zero-order valence-corrected chi connectivity index (χ0v) is 2.58. The topological polar surface area (TPSA) is 0 Å². The molecule has 0 aromatic heterocycles. The van der Waals surface area contributed by atoms with Gasteiger partial charge in [0.15, 0.2) is 0 Å². The van der Waals surface area contributed by atoms with Gasteiger partial charge in [0.25, 0.3) is 0 Å². The van der Waals surface area contributed by atoms with Gasteiger partial charge in [-0.3, -0.25) is 0 Å². The van der Waals surface area contributed by atoms with Crippen LogP contribution in [-0.2, 0) is 0 Å². The maximum absolute atomic E-state index is 6.19. The minimum atomic E-state index is 1.82. The van der Waals surface area contributed by atoms with Crippen molar-refractivity contribution < 1.29 is 1.37 Å². The van der Waals surface area contributed by atoms with Gasteiger partial charge in [0.2, 0.25) is 0 Å². The maximum Gasteiger partial charge on any atom is 0.124 e. The van der Waals surface area contributed by atoms with E-state index in [0.29, 0.717) is 0 Å². The number of hydrogen-bond donors (Lipinski definition) is 0. The lowest BCUT2D eigenvalue weighted by atomic mass is 10.6. The summed E-state index contributed by atoms with van der Waals surface area (Å²) in [7, 11) is 0. The molecule has 0 unspecified atom stereocenters. The van der Waals surface area contributed by atoms with E-state index in [9.17, 15) is 0 Å². The molecule has 0 aliphatic heterocycles. The fraction of sp³-hybridized carbons (Fsp3) is 0. The second-order valence-electron chi connectivity index (χ2n) is 0.394. The summed E-state index contributed by atoms with van der Waals surface area (Å²) in [5.41, 5.74) is 2.13. The van der Waals surface area contributed by atoms with Gasteiger partial charge >= 0.3 is 0 Å². The summed E-state index contributed by atoms with van der Waals surface area (Å²) in [6.07, 6.45) is 6.84. The van der Waals surface area contributed by atoms with Crippen molar-refractivity contribution in [1.29, 1.82) is 0 Å². The van der Waals surface area contributed by atoms with E-state index in [1.807, 2.05) is 12.5 Å². The maximum atomic E-state index is 6.19. The molecular weight excluding hydrogens is 60.1 g/mol. The molecule has 0 aliphatic carbocycles. The predicted octanol–water partition coefficient (Wildman–Crippen LogP) is 0.567. The molecule has 0 spiro atoms. The largest absolute Gasteiger partial charge is 0.124 e. The van der Waals surface area contributed by atoms with Crippen molar-refractivity contribution in [2.24, 2.45) is 0 Å². The summed E-state index contributed by atoms with van der Waals surface area (Å²) in [5, 5.41) is 0. The lowest BCUT2D eigenvalue weighted by molar-refractivity contribution is 2.10. The van der Waals surface area contributed by atoms with E-state index in [1.54, 1.807) is 0 Å². The van der Waals surface area contributed by atoms with Crippen molar-refractivity contribution in [3.63, 3.8) is 0 Å². The van der Waals surface area contributed by atoms with Gasteiger partial charge in [-0.05, 0) is 0 Å². The SMILES string of the molecule is [2H][C+]=C=[C-]C#C. The number of allylic oxidation sites excluding steroid dienone is 1. The average molecular weight is 63.1 g/mol. The van der Waals surface area contributed by atoms with Gasteiger partial charge in [-0.25, -0.2) is 0 Å². The van der Waals surface area contributed by atoms with E-state index in [1.165, 1.54) is 0 Å². The van der Waals surface area contributed by atoms with Crippen molar-refractivity contribution >= 4 is 0 Å². The molecule has 0 N–H and O–H groups in total. The Kier molecular flexibility index (Phi) is 1.34. The smallest absolute Gasteiger partial charge is 0.114 e. The third-order valence-corrected chi connectivity index (χ3v) is 0.135. The molecule has 0 amide bonds. The highest BCUT2D eigenvalue weighted by atomic mass is 13.4. The summed E-state index contributed by atoms with van der Waals surface area (Å²) in [4.78, 5) is 0. The van der Waals surface area contributed by atoms with E-state index >= 15 is 0 Å². The Morgan fingerprint density at radius 1 is 2.20 bits per heavy atom. The third kappa shape index (κ3) is 2.99. The molecule has 0 heterocycles. The monoisotopic (exact) mass is 63.0 g/mol. The second kappa shape index (κ2) is 2.99. The highest BCUT2D eigenvalue weighted by molar-refractivity contribution is 4.97. The van der Waals surface area contributed by atoms with Gasteiger partial charge in [-0.15, -0.1) is 13.0 Å². The first-order valence-electron chi connectivity index (χ1n) is 1.54. The van der Waals surface area contributed by atoms with Crippen LogP contribution in [-0.4, -0.2) is 0 Å². The predicted molar refractivity (Wildman–Crippen MR) is 19.9 cm³/mol. The highest BCUT2D eigenvalue weighted by Gasteiger charge is 1.38. The second-order valence-corrected chi connectivity index (χ2v) is 0.394. The van der Waals surface area contributed by atoms with Crippen molar-refractivity contribution in [3.05, 3.63) is 18.4 Å². The van der Waals surface area contributed by atoms with E-state index in [0.717, 1.165) is 0 Å². The van der Waals surface area contributed by atoms with E-state index in [-0.39, 0.29) is 0 Å². The molecule has 0 fully saturated rings. The van der Waals surface area contributed by atoms with Crippen LogP contribution in [0.2, 0.25) is 0 Å². The first-order chi connectivity index (χ1) is 2.91. The minimum Gasteiger partial charge on any atom is -0.114 e. The van der Waals surface area contributed by atoms with Gasteiger partial charge in [-0.1, -0.05) is 11.7 Å². The van der Waals surface area contributed by atoms with Crippen LogP contribution in [0.4, 0.5) is 0 Å². The van der Waals surface area contributed by atoms with Gasteiger partial charge < -0.3 is 0 Å². The van der Waals surface area contributed by atoms with E-state index in [2.05, 4.69) is 18.2 Å². The Bertz CT molecular complexity index is 110. The Labute approximate surface area is 33.2 Å². The van der Waals surface area contributed by atoms with Crippen LogP contribution in [0.25, 0.3) is 0 Å². The van der Waals surface area contributed by atoms with E-state index < -0.39 is 0 Å². The molecule has 0 aromatic carbocycles. The zero-order valence-electron chi connectivity index (χ0n) is 3.58. The molecule has 0 saturated carbocycles. The summed E-state index contributed by atoms with van der Waals surface area (Å²) >= 11 is 0. The molecular formula is C5H2. The average Bonchev–Trinajstić information content (AvgIpc) is 1.61. The summed E-state index contributed by atoms with van der Waals surface area (Å²) in [6.45, 7) is 1.82. The van der Waals surface area contributed by atoms with Gasteiger partial charge in [0, 0.05) is 0 Å². The molecule has 0 aromatic rings. The molecule has 22 valence electrons. The summed E-state index contributed by atoms with van der Waals surface area (Å²) in [6, 6.07) is 0. The van der Waals surface area contributed by atoms with Crippen LogP contribution >= 0.6 is 0 Å². The minimum absolute atomic E-state index is 1.82. The van der Waals surface area contributed by atoms with Gasteiger partial charge in [-0.2, -0.15) is 0 Å². The Morgan fingerprint density at radius 3 is 3.20 bits per heavy atom. The molecule has 0 rings (SSSR count). The summed E-state index contributed by atoms with van der Waals surface area (Å²) in [5.74, 6) is 2.02. The fourth-order valence-corrected chi connectivity index (χ4v) is 0.0361. The lowest BCUT2D eigenvalue weighted by Crippen LogP contribution is -1.31. The van der Waals surface area contributed by atoms with E-state index in [4.69, 9.17) is 1.37 Å². The van der Waals surface area contributed by atoms with Crippen LogP contribution < -0.4 is 0 Å². The molecule has 0 radical (unpaired) electrons. The van der Waals surface area contributed by atoms with Gasteiger partial charge in [0.05, 0.1) is 6.08 Å². The molecule has 0 saturated heterocycles. The standard InChI is InChI=1S/C5H2/c1-3-5-4-2/h1-2H/i1D. The molecule has 5 heavy (non-hydrogen) atoms. The van der Waals surface area contributed by atoms with Crippen LogP contribution in [0.1, 0.15) is 1.37 Å². The Balaban J connectivity index is 3.56. The van der Waals surface area contributed by atoms with Crippen LogP contribution in [0.3, 0.4) is 0 Å². The Hall–Kier alpha value is -1.01. The number of terminal acetylenes is 1. The number of rotatable bonds is 0. The molecule has 0 nitrogen and oxygen atoms in total. The third-order valence-electron chi connectivity index (χ3n) is 0.135. The van der Waals surface area contributed by atoms with Crippen LogP contribution in [0, 0.1) is 25.0 Å². The highest BCUT2D eigenvalue weighted by Crippen LogP contribution is 1.45. The quantitative estimate of drug-likeness (QED) is 0.219. The first kappa shape index (κ1) is 2.24. The van der Waals surface area contributed by atoms with Crippen LogP contribution in [0.15, 0.2) is 5.73 Å². The molecule has 0 atom stereocenters. The van der Waals surface area contributed by atoms with Crippen molar-refractivity contribution in [1.82, 2.24) is 0 Å². The van der Waals surface area contributed by atoms with Crippen LogP contribution in [0.5, 0.6) is 0 Å².